The third-order valence-corrected chi connectivity index (χ3v) is 3.78. The maximum absolute atomic E-state index is 12.5. The van der Waals surface area contributed by atoms with Crippen LogP contribution in [0.5, 0.6) is 0 Å². The van der Waals surface area contributed by atoms with Crippen LogP contribution in [-0.2, 0) is 0 Å². The van der Waals surface area contributed by atoms with Crippen molar-refractivity contribution in [2.75, 3.05) is 0 Å². The number of hydrogen-bond acceptors (Lipinski definition) is 3. The van der Waals surface area contributed by atoms with Crippen molar-refractivity contribution in [3.8, 4) is 0 Å². The van der Waals surface area contributed by atoms with E-state index in [2.05, 4.69) is 9.97 Å². The van der Waals surface area contributed by atoms with Gasteiger partial charge in [-0.3, -0.25) is 9.59 Å². The summed E-state index contributed by atoms with van der Waals surface area (Å²) < 4.78 is 0. The molecule has 22 heavy (non-hydrogen) atoms. The van der Waals surface area contributed by atoms with Crippen LogP contribution in [0.1, 0.15) is 28.9 Å². The number of fused-ring (bicyclic) bond motifs is 1. The molecule has 0 radical (unpaired) electrons. The Hall–Kier alpha value is -2.46. The molecule has 2 aromatic carbocycles. The lowest BCUT2D eigenvalue weighted by atomic mass is 9.96. The SMILES string of the molecule is CC(C(=O)c1ccccc1)c1nc2ccc(Cl)cc2[nH]c1=O. The molecule has 0 spiro atoms. The summed E-state index contributed by atoms with van der Waals surface area (Å²) in [4.78, 5) is 31.8. The second kappa shape index (κ2) is 5.73. The Labute approximate surface area is 131 Å². The number of aromatic nitrogens is 2. The monoisotopic (exact) mass is 312 g/mol. The van der Waals surface area contributed by atoms with Crippen LogP contribution in [0, 0.1) is 0 Å². The van der Waals surface area contributed by atoms with Crippen molar-refractivity contribution in [1.82, 2.24) is 9.97 Å². The minimum Gasteiger partial charge on any atom is -0.319 e. The Bertz CT molecular complexity index is 903. The first-order chi connectivity index (χ1) is 10.6. The highest BCUT2D eigenvalue weighted by Gasteiger charge is 2.21. The maximum Gasteiger partial charge on any atom is 0.270 e. The predicted molar refractivity (Wildman–Crippen MR) is 86.6 cm³/mol. The van der Waals surface area contributed by atoms with Gasteiger partial charge in [0.2, 0.25) is 0 Å². The van der Waals surface area contributed by atoms with Gasteiger partial charge in [0.25, 0.3) is 5.56 Å². The molecule has 0 saturated heterocycles. The summed E-state index contributed by atoms with van der Waals surface area (Å²) in [7, 11) is 0. The summed E-state index contributed by atoms with van der Waals surface area (Å²) in [6.07, 6.45) is 0. The van der Waals surface area contributed by atoms with Gasteiger partial charge in [-0.1, -0.05) is 41.9 Å². The number of nitrogens with one attached hydrogen (secondary N) is 1. The van der Waals surface area contributed by atoms with Crippen molar-refractivity contribution >= 4 is 28.4 Å². The molecule has 1 unspecified atom stereocenters. The molecule has 1 heterocycles. The first kappa shape index (κ1) is 14.5. The summed E-state index contributed by atoms with van der Waals surface area (Å²) in [6.45, 7) is 1.69. The smallest absolute Gasteiger partial charge is 0.270 e. The largest absolute Gasteiger partial charge is 0.319 e. The fraction of sp³-hybridized carbons (Fsp3) is 0.118. The van der Waals surface area contributed by atoms with Crippen molar-refractivity contribution < 1.29 is 4.79 Å². The first-order valence-corrected chi connectivity index (χ1v) is 7.23. The zero-order valence-corrected chi connectivity index (χ0v) is 12.6. The van der Waals surface area contributed by atoms with E-state index in [4.69, 9.17) is 11.6 Å². The van der Waals surface area contributed by atoms with Gasteiger partial charge in [0.05, 0.1) is 17.0 Å². The molecule has 0 aliphatic heterocycles. The van der Waals surface area contributed by atoms with Crippen LogP contribution < -0.4 is 5.56 Å². The van der Waals surface area contributed by atoms with E-state index in [0.717, 1.165) is 0 Å². The Kier molecular flexibility index (Phi) is 3.77. The van der Waals surface area contributed by atoms with E-state index < -0.39 is 5.92 Å². The molecule has 1 atom stereocenters. The molecule has 3 aromatic rings. The summed E-state index contributed by atoms with van der Waals surface area (Å²) in [5, 5.41) is 0.520. The van der Waals surface area contributed by atoms with Crippen LogP contribution in [-0.4, -0.2) is 15.8 Å². The lowest BCUT2D eigenvalue weighted by Crippen LogP contribution is -2.22. The standard InChI is InChI=1S/C17H13ClN2O2/c1-10(16(21)11-5-3-2-4-6-11)15-17(22)20-14-9-12(18)7-8-13(14)19-15/h2-10H,1H3,(H,20,22). The number of benzene rings is 2. The third kappa shape index (κ3) is 2.65. The number of halogens is 1. The highest BCUT2D eigenvalue weighted by atomic mass is 35.5. The lowest BCUT2D eigenvalue weighted by molar-refractivity contribution is 0.0964. The van der Waals surface area contributed by atoms with E-state index >= 15 is 0 Å². The number of carbonyl (C=O) groups is 1. The summed E-state index contributed by atoms with van der Waals surface area (Å²) >= 11 is 5.90. The van der Waals surface area contributed by atoms with Crippen molar-refractivity contribution in [2.45, 2.75) is 12.8 Å². The molecule has 5 heteroatoms. The number of nitrogens with zero attached hydrogens (tertiary/aromatic N) is 1. The number of H-pyrrole nitrogens is 1. The average Bonchev–Trinajstić information content (AvgIpc) is 2.53. The number of Topliss-reactive ketones (excluding diaryl/α,β-unsaturated/α-hetero) is 1. The number of hydrogen-bond donors (Lipinski definition) is 1. The maximum atomic E-state index is 12.5. The van der Waals surface area contributed by atoms with E-state index in [1.807, 2.05) is 6.07 Å². The first-order valence-electron chi connectivity index (χ1n) is 6.85. The molecule has 0 fully saturated rings. The molecule has 110 valence electrons. The van der Waals surface area contributed by atoms with Crippen molar-refractivity contribution in [2.24, 2.45) is 0 Å². The van der Waals surface area contributed by atoms with Crippen LogP contribution in [0.25, 0.3) is 11.0 Å². The minimum atomic E-state index is -0.619. The van der Waals surface area contributed by atoms with E-state index in [1.165, 1.54) is 0 Å². The quantitative estimate of drug-likeness (QED) is 0.752. The molecule has 1 aromatic heterocycles. The molecule has 0 aliphatic carbocycles. The molecular formula is C17H13ClN2O2. The van der Waals surface area contributed by atoms with Gasteiger partial charge >= 0.3 is 0 Å². The van der Waals surface area contributed by atoms with Crippen LogP contribution in [0.4, 0.5) is 0 Å². The van der Waals surface area contributed by atoms with Crippen LogP contribution in [0.2, 0.25) is 5.02 Å². The molecule has 0 bridgehead atoms. The molecule has 0 amide bonds. The Morgan fingerprint density at radius 2 is 1.91 bits per heavy atom. The Morgan fingerprint density at radius 1 is 1.18 bits per heavy atom. The van der Waals surface area contributed by atoms with E-state index in [-0.39, 0.29) is 17.0 Å². The number of rotatable bonds is 3. The van der Waals surface area contributed by atoms with Crippen molar-refractivity contribution in [3.63, 3.8) is 0 Å². The van der Waals surface area contributed by atoms with Gasteiger partial charge in [-0.25, -0.2) is 4.98 Å². The minimum absolute atomic E-state index is 0.132. The highest BCUT2D eigenvalue weighted by molar-refractivity contribution is 6.31. The molecule has 4 nitrogen and oxygen atoms in total. The predicted octanol–water partition coefficient (Wildman–Crippen LogP) is 3.56. The zero-order valence-electron chi connectivity index (χ0n) is 11.8. The van der Waals surface area contributed by atoms with Gasteiger partial charge in [-0.05, 0) is 25.1 Å². The Morgan fingerprint density at radius 3 is 2.64 bits per heavy atom. The second-order valence-electron chi connectivity index (χ2n) is 5.06. The zero-order chi connectivity index (χ0) is 15.7. The summed E-state index contributed by atoms with van der Waals surface area (Å²) in [5.74, 6) is -0.752. The number of aromatic amines is 1. The molecule has 0 saturated carbocycles. The molecule has 0 aliphatic rings. The van der Waals surface area contributed by atoms with Gasteiger partial charge in [-0.15, -0.1) is 0 Å². The van der Waals surface area contributed by atoms with E-state index in [0.29, 0.717) is 21.6 Å². The normalized spacial score (nSPS) is 12.3. The Balaban J connectivity index is 2.06. The highest BCUT2D eigenvalue weighted by Crippen LogP contribution is 2.19. The lowest BCUT2D eigenvalue weighted by Gasteiger charge is -2.10. The topological polar surface area (TPSA) is 62.8 Å². The van der Waals surface area contributed by atoms with Gasteiger partial charge in [-0.2, -0.15) is 0 Å². The summed E-state index contributed by atoms with van der Waals surface area (Å²) in [6, 6.07) is 13.9. The van der Waals surface area contributed by atoms with E-state index in [9.17, 15) is 9.59 Å². The van der Waals surface area contributed by atoms with E-state index in [1.54, 1.807) is 49.4 Å². The fourth-order valence-electron chi connectivity index (χ4n) is 2.34. The molecule has 1 N–H and O–H groups in total. The number of ketones is 1. The fourth-order valence-corrected chi connectivity index (χ4v) is 2.51. The molecule has 3 rings (SSSR count). The van der Waals surface area contributed by atoms with Gasteiger partial charge in [0.1, 0.15) is 5.69 Å². The van der Waals surface area contributed by atoms with Crippen LogP contribution in [0.15, 0.2) is 53.3 Å². The van der Waals surface area contributed by atoms with Gasteiger partial charge in [0, 0.05) is 10.6 Å². The van der Waals surface area contributed by atoms with Crippen molar-refractivity contribution in [1.29, 1.82) is 0 Å². The molecular weight excluding hydrogens is 300 g/mol. The van der Waals surface area contributed by atoms with Gasteiger partial charge < -0.3 is 4.98 Å². The van der Waals surface area contributed by atoms with Crippen LogP contribution in [0.3, 0.4) is 0 Å². The summed E-state index contributed by atoms with van der Waals surface area (Å²) in [5.41, 5.74) is 1.56. The average molecular weight is 313 g/mol. The third-order valence-electron chi connectivity index (χ3n) is 3.54. The van der Waals surface area contributed by atoms with Gasteiger partial charge in [0.15, 0.2) is 5.78 Å². The van der Waals surface area contributed by atoms with Crippen LogP contribution >= 0.6 is 11.6 Å². The second-order valence-corrected chi connectivity index (χ2v) is 5.50. The van der Waals surface area contributed by atoms with Crippen molar-refractivity contribution in [3.05, 3.63) is 75.2 Å². The number of carbonyl (C=O) groups excluding carboxylic acids is 1.